The van der Waals surface area contributed by atoms with Crippen molar-refractivity contribution in [2.75, 3.05) is 7.11 Å². The van der Waals surface area contributed by atoms with Crippen LogP contribution in [0.3, 0.4) is 0 Å². The van der Waals surface area contributed by atoms with E-state index in [1.54, 1.807) is 0 Å². The first kappa shape index (κ1) is 11.5. The van der Waals surface area contributed by atoms with Gasteiger partial charge < -0.3 is 4.74 Å². The summed E-state index contributed by atoms with van der Waals surface area (Å²) in [4.78, 5) is 11.9. The van der Waals surface area contributed by atoms with Gasteiger partial charge in [0.1, 0.15) is 10.7 Å². The molecule has 1 aromatic carbocycles. The van der Waals surface area contributed by atoms with Crippen LogP contribution in [0.25, 0.3) is 10.1 Å². The molecule has 0 saturated heterocycles. The van der Waals surface area contributed by atoms with E-state index in [0.717, 1.165) is 10.3 Å². The van der Waals surface area contributed by atoms with Crippen molar-refractivity contribution in [2.24, 2.45) is 0 Å². The molecule has 0 N–H and O–H groups in total. The van der Waals surface area contributed by atoms with Gasteiger partial charge in [0, 0.05) is 10.1 Å². The summed E-state index contributed by atoms with van der Waals surface area (Å²) in [7, 11) is 1.33. The first-order valence-corrected chi connectivity index (χ1v) is 6.12. The van der Waals surface area contributed by atoms with Crippen LogP contribution in [0, 0.1) is 12.7 Å². The minimum absolute atomic E-state index is 0.306. The van der Waals surface area contributed by atoms with Crippen molar-refractivity contribution in [3.8, 4) is 0 Å². The minimum Gasteiger partial charge on any atom is -0.465 e. The van der Waals surface area contributed by atoms with E-state index in [0.29, 0.717) is 14.7 Å². The highest BCUT2D eigenvalue weighted by Gasteiger charge is 2.18. The Morgan fingerprint density at radius 3 is 2.81 bits per heavy atom. The molecule has 2 aromatic rings. The Kier molecular flexibility index (Phi) is 2.99. The van der Waals surface area contributed by atoms with E-state index in [4.69, 9.17) is 0 Å². The number of carbonyl (C=O) groups excluding carboxylic acids is 1. The lowest BCUT2D eigenvalue weighted by atomic mass is 10.2. The van der Waals surface area contributed by atoms with E-state index in [1.807, 2.05) is 6.92 Å². The highest BCUT2D eigenvalue weighted by Crippen LogP contribution is 2.38. The third-order valence-electron chi connectivity index (χ3n) is 2.25. The van der Waals surface area contributed by atoms with E-state index in [1.165, 1.54) is 30.6 Å². The molecule has 0 aliphatic heterocycles. The van der Waals surface area contributed by atoms with Crippen molar-refractivity contribution >= 4 is 43.3 Å². The summed E-state index contributed by atoms with van der Waals surface area (Å²) in [6, 6.07) is 2.86. The average molecular weight is 303 g/mol. The zero-order valence-electron chi connectivity index (χ0n) is 8.64. The van der Waals surface area contributed by atoms with E-state index < -0.39 is 5.97 Å². The predicted octanol–water partition coefficient (Wildman–Crippen LogP) is 3.90. The average Bonchev–Trinajstić information content (AvgIpc) is 2.56. The van der Waals surface area contributed by atoms with Crippen LogP contribution in [0.15, 0.2) is 16.6 Å². The Balaban J connectivity index is 2.77. The molecule has 0 aliphatic rings. The van der Waals surface area contributed by atoms with Gasteiger partial charge in [-0.1, -0.05) is 0 Å². The molecular formula is C11H8BrFO2S. The predicted molar refractivity (Wildman–Crippen MR) is 65.6 cm³/mol. The molecule has 1 heterocycles. The van der Waals surface area contributed by atoms with E-state index in [2.05, 4.69) is 20.7 Å². The number of ether oxygens (including phenoxy) is 1. The Bertz CT molecular complexity index is 577. The van der Waals surface area contributed by atoms with Crippen molar-refractivity contribution in [3.05, 3.63) is 32.9 Å². The van der Waals surface area contributed by atoms with E-state index >= 15 is 0 Å². The smallest absolute Gasteiger partial charge is 0.349 e. The topological polar surface area (TPSA) is 26.3 Å². The van der Waals surface area contributed by atoms with Gasteiger partial charge in [0.25, 0.3) is 0 Å². The summed E-state index contributed by atoms with van der Waals surface area (Å²) in [6.45, 7) is 1.81. The monoisotopic (exact) mass is 302 g/mol. The van der Waals surface area contributed by atoms with Gasteiger partial charge in [-0.05, 0) is 40.5 Å². The molecule has 0 saturated carbocycles. The van der Waals surface area contributed by atoms with Gasteiger partial charge in [-0.15, -0.1) is 11.3 Å². The van der Waals surface area contributed by atoms with Gasteiger partial charge in [0.05, 0.1) is 11.6 Å². The van der Waals surface area contributed by atoms with Gasteiger partial charge in [0.15, 0.2) is 0 Å². The Hall–Kier alpha value is -0.940. The van der Waals surface area contributed by atoms with Crippen molar-refractivity contribution in [3.63, 3.8) is 0 Å². The molecule has 5 heteroatoms. The first-order chi connectivity index (χ1) is 7.54. The maximum atomic E-state index is 13.2. The number of thiophene rings is 1. The molecule has 1 aromatic heterocycles. The summed E-state index contributed by atoms with van der Waals surface area (Å²) in [5, 5.41) is 0.711. The fourth-order valence-electron chi connectivity index (χ4n) is 1.52. The van der Waals surface area contributed by atoms with Gasteiger partial charge in [0.2, 0.25) is 0 Å². The number of aryl methyl sites for hydroxylation is 1. The molecule has 16 heavy (non-hydrogen) atoms. The number of benzene rings is 1. The van der Waals surface area contributed by atoms with Gasteiger partial charge in [-0.25, -0.2) is 9.18 Å². The third-order valence-corrected chi connectivity index (χ3v) is 4.66. The lowest BCUT2D eigenvalue weighted by Crippen LogP contribution is -1.98. The van der Waals surface area contributed by atoms with Crippen LogP contribution in [0.5, 0.6) is 0 Å². The molecule has 2 nitrogen and oxygen atoms in total. The molecule has 0 aliphatic carbocycles. The summed E-state index contributed by atoms with van der Waals surface area (Å²) in [5.41, 5.74) is 0.816. The number of carbonyl (C=O) groups is 1. The maximum absolute atomic E-state index is 13.2. The van der Waals surface area contributed by atoms with Gasteiger partial charge >= 0.3 is 5.97 Å². The second kappa shape index (κ2) is 4.14. The van der Waals surface area contributed by atoms with Crippen LogP contribution in [0.1, 0.15) is 15.2 Å². The lowest BCUT2D eigenvalue weighted by molar-refractivity contribution is 0.0605. The molecule has 0 atom stereocenters. The summed E-state index contributed by atoms with van der Waals surface area (Å²) < 4.78 is 19.4. The molecule has 0 bridgehead atoms. The largest absolute Gasteiger partial charge is 0.465 e. The molecule has 0 radical (unpaired) electrons. The molecule has 0 unspecified atom stereocenters. The number of halogens is 2. The van der Waals surface area contributed by atoms with Crippen molar-refractivity contribution in [2.45, 2.75) is 6.92 Å². The van der Waals surface area contributed by atoms with Crippen LogP contribution in [-0.4, -0.2) is 13.1 Å². The number of fused-ring (bicyclic) bond motifs is 1. The fourth-order valence-corrected chi connectivity index (χ4v) is 3.43. The number of methoxy groups -OCH3 is 1. The zero-order valence-corrected chi connectivity index (χ0v) is 11.0. The number of esters is 1. The normalized spacial score (nSPS) is 10.8. The molecule has 0 spiro atoms. The second-order valence-corrected chi connectivity index (χ2v) is 5.15. The van der Waals surface area contributed by atoms with Crippen LogP contribution in [0.4, 0.5) is 4.39 Å². The summed E-state index contributed by atoms with van der Waals surface area (Å²) in [5.74, 6) is -0.715. The van der Waals surface area contributed by atoms with Gasteiger partial charge in [-0.2, -0.15) is 0 Å². The number of hydrogen-bond donors (Lipinski definition) is 0. The SMILES string of the molecule is COC(=O)c1sc2c(C)cc(F)cc2c1Br. The minimum atomic E-state index is -0.409. The fraction of sp³-hybridized carbons (Fsp3) is 0.182. The Morgan fingerprint density at radius 2 is 2.19 bits per heavy atom. The van der Waals surface area contributed by atoms with Crippen LogP contribution in [-0.2, 0) is 4.74 Å². The molecule has 0 fully saturated rings. The molecule has 84 valence electrons. The van der Waals surface area contributed by atoms with E-state index in [9.17, 15) is 9.18 Å². The highest BCUT2D eigenvalue weighted by atomic mass is 79.9. The third kappa shape index (κ3) is 1.74. The molecule has 2 rings (SSSR count). The Morgan fingerprint density at radius 1 is 1.50 bits per heavy atom. The quantitative estimate of drug-likeness (QED) is 0.747. The number of hydrogen-bond acceptors (Lipinski definition) is 3. The van der Waals surface area contributed by atoms with Crippen LogP contribution < -0.4 is 0 Å². The van der Waals surface area contributed by atoms with Gasteiger partial charge in [-0.3, -0.25) is 0 Å². The second-order valence-electron chi connectivity index (χ2n) is 3.34. The number of rotatable bonds is 1. The standard InChI is InChI=1S/C11H8BrFO2S/c1-5-3-6(13)4-7-8(12)10(11(14)15-2)16-9(5)7/h3-4H,1-2H3. The maximum Gasteiger partial charge on any atom is 0.349 e. The summed E-state index contributed by atoms with van der Waals surface area (Å²) in [6.07, 6.45) is 0. The summed E-state index contributed by atoms with van der Waals surface area (Å²) >= 11 is 4.61. The molecule has 0 amide bonds. The first-order valence-electron chi connectivity index (χ1n) is 4.51. The van der Waals surface area contributed by atoms with E-state index in [-0.39, 0.29) is 5.82 Å². The Labute approximate surface area is 104 Å². The van der Waals surface area contributed by atoms with Crippen molar-refractivity contribution in [1.82, 2.24) is 0 Å². The highest BCUT2D eigenvalue weighted by molar-refractivity contribution is 9.10. The van der Waals surface area contributed by atoms with Crippen LogP contribution in [0.2, 0.25) is 0 Å². The lowest BCUT2D eigenvalue weighted by Gasteiger charge is -1.96. The zero-order chi connectivity index (χ0) is 11.9. The van der Waals surface area contributed by atoms with Crippen LogP contribution >= 0.6 is 27.3 Å². The van der Waals surface area contributed by atoms with Crippen molar-refractivity contribution < 1.29 is 13.9 Å². The molecular weight excluding hydrogens is 295 g/mol. The van der Waals surface area contributed by atoms with Crippen molar-refractivity contribution in [1.29, 1.82) is 0 Å².